The molecule has 0 aliphatic carbocycles. The summed E-state index contributed by atoms with van der Waals surface area (Å²) in [5.41, 5.74) is 3.43. The fraction of sp³-hybridized carbons (Fsp3) is 0.0870. The van der Waals surface area contributed by atoms with Crippen molar-refractivity contribution >= 4 is 21.4 Å². The van der Waals surface area contributed by atoms with Crippen molar-refractivity contribution < 1.29 is 13.2 Å². The van der Waals surface area contributed by atoms with E-state index in [1.807, 2.05) is 59.3 Å². The largest absolute Gasteiger partial charge is 0.497 e. The van der Waals surface area contributed by atoms with Crippen LogP contribution in [0.4, 0.5) is 0 Å². The van der Waals surface area contributed by atoms with E-state index in [9.17, 15) is 8.42 Å². The topological polar surface area (TPSA) is 61.2 Å². The molecule has 0 bridgehead atoms. The molecule has 0 amide bonds. The number of methoxy groups -OCH3 is 1. The van der Waals surface area contributed by atoms with Crippen LogP contribution in [-0.4, -0.2) is 31.3 Å². The summed E-state index contributed by atoms with van der Waals surface area (Å²) in [6, 6.07) is 21.9. The van der Waals surface area contributed by atoms with Crippen molar-refractivity contribution in [2.45, 2.75) is 4.90 Å². The van der Waals surface area contributed by atoms with E-state index in [0.29, 0.717) is 5.02 Å². The molecule has 0 saturated heterocycles. The van der Waals surface area contributed by atoms with E-state index < -0.39 is 9.84 Å². The molecule has 0 saturated carbocycles. The highest BCUT2D eigenvalue weighted by atomic mass is 35.5. The lowest BCUT2D eigenvalue weighted by atomic mass is 10.1. The van der Waals surface area contributed by atoms with Crippen molar-refractivity contribution in [1.82, 2.24) is 9.55 Å². The number of ether oxygens (including phenoxy) is 1. The molecule has 0 spiro atoms. The second kappa shape index (κ2) is 7.97. The lowest BCUT2D eigenvalue weighted by Gasteiger charge is -2.09. The lowest BCUT2D eigenvalue weighted by Crippen LogP contribution is -1.99. The Morgan fingerprint density at radius 2 is 1.47 bits per heavy atom. The molecule has 30 heavy (non-hydrogen) atoms. The van der Waals surface area contributed by atoms with Crippen LogP contribution >= 0.6 is 11.6 Å². The highest BCUT2D eigenvalue weighted by Crippen LogP contribution is 2.30. The van der Waals surface area contributed by atoms with Gasteiger partial charge < -0.3 is 4.74 Å². The molecule has 0 radical (unpaired) electrons. The van der Waals surface area contributed by atoms with Crippen molar-refractivity contribution in [1.29, 1.82) is 0 Å². The number of imidazole rings is 1. The average Bonchev–Trinajstić information content (AvgIpc) is 3.19. The number of rotatable bonds is 5. The molecule has 4 aromatic rings. The minimum atomic E-state index is -3.26. The quantitative estimate of drug-likeness (QED) is 0.425. The van der Waals surface area contributed by atoms with Crippen molar-refractivity contribution in [3.63, 3.8) is 0 Å². The summed E-state index contributed by atoms with van der Waals surface area (Å²) in [6.07, 6.45) is 3.13. The van der Waals surface area contributed by atoms with E-state index in [0.717, 1.165) is 34.1 Å². The third-order valence-corrected chi connectivity index (χ3v) is 6.12. The van der Waals surface area contributed by atoms with Crippen molar-refractivity contribution in [3.8, 4) is 34.1 Å². The molecule has 4 rings (SSSR count). The van der Waals surface area contributed by atoms with E-state index >= 15 is 0 Å². The van der Waals surface area contributed by atoms with Crippen molar-refractivity contribution in [2.24, 2.45) is 0 Å². The zero-order valence-electron chi connectivity index (χ0n) is 16.4. The summed E-state index contributed by atoms with van der Waals surface area (Å²) in [5.74, 6) is 1.50. The number of hydrogen-bond acceptors (Lipinski definition) is 4. The molecule has 5 nitrogen and oxygen atoms in total. The van der Waals surface area contributed by atoms with Crippen LogP contribution in [0.1, 0.15) is 0 Å². The van der Waals surface area contributed by atoms with Gasteiger partial charge in [-0.1, -0.05) is 11.6 Å². The highest BCUT2D eigenvalue weighted by Gasteiger charge is 2.14. The minimum absolute atomic E-state index is 0.273. The molecule has 1 heterocycles. The van der Waals surface area contributed by atoms with Gasteiger partial charge in [-0.05, 0) is 72.8 Å². The predicted octanol–water partition coefficient (Wildman–Crippen LogP) is 5.27. The molecule has 7 heteroatoms. The maximum atomic E-state index is 11.8. The maximum absolute atomic E-state index is 11.8. The van der Waals surface area contributed by atoms with E-state index in [-0.39, 0.29) is 4.90 Å². The number of sulfone groups is 1. The third-order valence-electron chi connectivity index (χ3n) is 4.74. The first-order chi connectivity index (χ1) is 14.3. The summed E-state index contributed by atoms with van der Waals surface area (Å²) in [5, 5.41) is 0.643. The van der Waals surface area contributed by atoms with Crippen LogP contribution in [0, 0.1) is 0 Å². The van der Waals surface area contributed by atoms with Gasteiger partial charge in [0.05, 0.1) is 17.7 Å². The van der Waals surface area contributed by atoms with Crippen LogP contribution < -0.4 is 4.74 Å². The van der Waals surface area contributed by atoms with Crippen molar-refractivity contribution in [3.05, 3.63) is 84.0 Å². The van der Waals surface area contributed by atoms with E-state index in [4.69, 9.17) is 21.3 Å². The summed E-state index contributed by atoms with van der Waals surface area (Å²) in [4.78, 5) is 5.12. The monoisotopic (exact) mass is 438 g/mol. The smallest absolute Gasteiger partial charge is 0.175 e. The van der Waals surface area contributed by atoms with Crippen molar-refractivity contribution in [2.75, 3.05) is 13.4 Å². The number of benzene rings is 3. The Kier molecular flexibility index (Phi) is 5.37. The third kappa shape index (κ3) is 4.10. The fourth-order valence-electron chi connectivity index (χ4n) is 3.13. The molecule has 0 atom stereocenters. The normalized spacial score (nSPS) is 11.4. The van der Waals surface area contributed by atoms with E-state index in [2.05, 4.69) is 0 Å². The predicted molar refractivity (Wildman–Crippen MR) is 119 cm³/mol. The molecule has 3 aromatic carbocycles. The zero-order valence-corrected chi connectivity index (χ0v) is 18.0. The zero-order chi connectivity index (χ0) is 21.3. The Bertz CT molecular complexity index is 1280. The number of halogens is 1. The fourth-order valence-corrected chi connectivity index (χ4v) is 3.89. The van der Waals surface area contributed by atoms with Gasteiger partial charge in [-0.15, -0.1) is 0 Å². The van der Waals surface area contributed by atoms with Gasteiger partial charge >= 0.3 is 0 Å². The van der Waals surface area contributed by atoms with Gasteiger partial charge in [0.1, 0.15) is 11.6 Å². The minimum Gasteiger partial charge on any atom is -0.497 e. The summed E-state index contributed by atoms with van der Waals surface area (Å²) in [7, 11) is -1.64. The average molecular weight is 439 g/mol. The van der Waals surface area contributed by atoms with E-state index in [1.165, 1.54) is 6.26 Å². The highest BCUT2D eigenvalue weighted by molar-refractivity contribution is 7.90. The molecule has 0 unspecified atom stereocenters. The Hall–Kier alpha value is -3.09. The van der Waals surface area contributed by atoms with Crippen LogP contribution in [0.3, 0.4) is 0 Å². The maximum Gasteiger partial charge on any atom is 0.175 e. The van der Waals surface area contributed by atoms with Gasteiger partial charge in [0.15, 0.2) is 9.84 Å². The second-order valence-electron chi connectivity index (χ2n) is 6.82. The first kappa shape index (κ1) is 20.2. The van der Waals surface area contributed by atoms with Crippen LogP contribution in [0.5, 0.6) is 5.75 Å². The standard InChI is InChI=1S/C23H19ClN2O3S/c1-29-20-11-5-16(6-12-20)22-15-26(19-9-13-21(14-10-19)30(2,27)28)23(25-22)17-3-7-18(24)8-4-17/h3-15H,1-2H3. The molecule has 1 aromatic heterocycles. The molecule has 0 aliphatic heterocycles. The Labute approximate surface area is 180 Å². The van der Waals surface area contributed by atoms with Crippen LogP contribution in [-0.2, 0) is 9.84 Å². The van der Waals surface area contributed by atoms with Gasteiger partial charge in [-0.25, -0.2) is 13.4 Å². The first-order valence-corrected chi connectivity index (χ1v) is 11.4. The molecular weight excluding hydrogens is 420 g/mol. The van der Waals surface area contributed by atoms with Gasteiger partial charge in [0.25, 0.3) is 0 Å². The lowest BCUT2D eigenvalue weighted by molar-refractivity contribution is 0.415. The molecular formula is C23H19ClN2O3S. The molecule has 0 N–H and O–H groups in total. The molecule has 0 fully saturated rings. The van der Waals surface area contributed by atoms with Crippen LogP contribution in [0.25, 0.3) is 28.3 Å². The SMILES string of the molecule is COc1ccc(-c2cn(-c3ccc(S(C)(=O)=O)cc3)c(-c3ccc(Cl)cc3)n2)cc1. The number of hydrogen-bond donors (Lipinski definition) is 0. The summed E-state index contributed by atoms with van der Waals surface area (Å²) in [6.45, 7) is 0. The Balaban J connectivity index is 1.84. The summed E-state index contributed by atoms with van der Waals surface area (Å²) >= 11 is 6.05. The summed E-state index contributed by atoms with van der Waals surface area (Å²) < 4.78 is 30.8. The first-order valence-electron chi connectivity index (χ1n) is 9.15. The van der Waals surface area contributed by atoms with Crippen LogP contribution in [0.15, 0.2) is 83.9 Å². The van der Waals surface area contributed by atoms with Gasteiger partial charge in [-0.2, -0.15) is 0 Å². The van der Waals surface area contributed by atoms with Gasteiger partial charge in [-0.3, -0.25) is 4.57 Å². The molecule has 152 valence electrons. The second-order valence-corrected chi connectivity index (χ2v) is 9.27. The Morgan fingerprint density at radius 1 is 0.867 bits per heavy atom. The van der Waals surface area contributed by atoms with Gasteiger partial charge in [0, 0.05) is 34.3 Å². The number of nitrogens with zero attached hydrogens (tertiary/aromatic N) is 2. The van der Waals surface area contributed by atoms with Gasteiger partial charge in [0.2, 0.25) is 0 Å². The molecule has 0 aliphatic rings. The number of aromatic nitrogens is 2. The van der Waals surface area contributed by atoms with E-state index in [1.54, 1.807) is 31.4 Å². The van der Waals surface area contributed by atoms with Crippen LogP contribution in [0.2, 0.25) is 5.02 Å². The Morgan fingerprint density at radius 3 is 2.03 bits per heavy atom.